The summed E-state index contributed by atoms with van der Waals surface area (Å²) in [5.41, 5.74) is 7.60. The minimum absolute atomic E-state index is 0.0691. The van der Waals surface area contributed by atoms with Gasteiger partial charge in [-0.2, -0.15) is 0 Å². The summed E-state index contributed by atoms with van der Waals surface area (Å²) in [6.45, 7) is 5.92. The number of hydrogen-bond acceptors (Lipinski definition) is 8. The fraction of sp³-hybridized carbons (Fsp3) is 0.500. The van der Waals surface area contributed by atoms with E-state index in [0.29, 0.717) is 63.4 Å². The van der Waals surface area contributed by atoms with Crippen LogP contribution in [0.15, 0.2) is 59.6 Å². The van der Waals surface area contributed by atoms with Crippen molar-refractivity contribution in [1.29, 1.82) is 0 Å². The molecule has 2 aliphatic heterocycles. The minimum atomic E-state index is -1.08. The van der Waals surface area contributed by atoms with Gasteiger partial charge in [0.25, 0.3) is 5.91 Å². The van der Waals surface area contributed by atoms with Crippen LogP contribution in [-0.2, 0) is 22.4 Å². The van der Waals surface area contributed by atoms with E-state index in [1.165, 1.54) is 4.90 Å². The number of nitrogens with zero attached hydrogens (tertiary/aromatic N) is 5. The van der Waals surface area contributed by atoms with Gasteiger partial charge in [0.2, 0.25) is 0 Å². The number of carbonyl (C=O) groups excluding carboxylic acids is 2. The number of fused-ring (bicyclic) bond motifs is 1. The predicted molar refractivity (Wildman–Crippen MR) is 155 cm³/mol. The number of aliphatic hydroxyl groups is 1. The monoisotopic (exact) mass is 550 g/mol. The Labute approximate surface area is 237 Å². The zero-order valence-corrected chi connectivity index (χ0v) is 23.8. The summed E-state index contributed by atoms with van der Waals surface area (Å²) in [5.74, 6) is 0.445. The molecule has 0 spiro atoms. The number of hydrazine groups is 1. The number of imide groups is 1. The van der Waals surface area contributed by atoms with Crippen LogP contribution in [0.1, 0.15) is 37.8 Å². The Morgan fingerprint density at radius 1 is 1.05 bits per heavy atom. The summed E-state index contributed by atoms with van der Waals surface area (Å²) < 4.78 is 5.22. The van der Waals surface area contributed by atoms with Gasteiger partial charge >= 0.3 is 6.03 Å². The van der Waals surface area contributed by atoms with Crippen molar-refractivity contribution in [2.24, 2.45) is 4.99 Å². The first-order valence-corrected chi connectivity index (χ1v) is 14.1. The lowest BCUT2D eigenvalue weighted by molar-refractivity contribution is -0.151. The molecule has 3 N–H and O–H groups in total. The number of hydrogen-bond donors (Lipinski definition) is 2. The number of nitrogens with two attached hydrogens (primary N) is 1. The Bertz CT molecular complexity index is 1170. The van der Waals surface area contributed by atoms with Gasteiger partial charge in [-0.25, -0.2) is 14.8 Å². The van der Waals surface area contributed by atoms with E-state index in [1.54, 1.807) is 12.0 Å². The number of aliphatic hydroxyl groups excluding tert-OH is 1. The molecular formula is C30H42N6O4. The number of amides is 3. The van der Waals surface area contributed by atoms with E-state index < -0.39 is 11.7 Å². The van der Waals surface area contributed by atoms with Crippen molar-refractivity contribution in [3.8, 4) is 0 Å². The summed E-state index contributed by atoms with van der Waals surface area (Å²) in [6, 6.07) is 16.6. The van der Waals surface area contributed by atoms with Gasteiger partial charge in [-0.05, 0) is 42.5 Å². The third-order valence-electron chi connectivity index (χ3n) is 7.79. The number of aliphatic imine (C=N–C) groups is 1. The highest BCUT2D eigenvalue weighted by molar-refractivity contribution is 6.05. The number of carbonyl (C=O) groups is 2. The summed E-state index contributed by atoms with van der Waals surface area (Å²) >= 11 is 0. The normalized spacial score (nSPS) is 20.9. The number of anilines is 1. The molecular weight excluding hydrogens is 508 g/mol. The Morgan fingerprint density at radius 3 is 2.40 bits per heavy atom. The Morgan fingerprint density at radius 2 is 1.77 bits per heavy atom. The molecule has 10 heteroatoms. The maximum atomic E-state index is 14.3. The zero-order valence-electron chi connectivity index (χ0n) is 23.8. The van der Waals surface area contributed by atoms with Crippen molar-refractivity contribution in [3.05, 3.63) is 65.7 Å². The van der Waals surface area contributed by atoms with Crippen molar-refractivity contribution < 1.29 is 19.4 Å². The molecule has 216 valence electrons. The summed E-state index contributed by atoms with van der Waals surface area (Å²) in [5, 5.41) is 13.9. The fourth-order valence-corrected chi connectivity index (χ4v) is 5.75. The van der Waals surface area contributed by atoms with Crippen LogP contribution in [0.3, 0.4) is 0 Å². The number of benzene rings is 2. The Hall–Kier alpha value is -3.47. The molecule has 4 rings (SSSR count). The topological polar surface area (TPSA) is 115 Å². The molecule has 2 unspecified atom stereocenters. The Balaban J connectivity index is 1.79. The lowest BCUT2D eigenvalue weighted by atomic mass is 9.91. The molecule has 3 amide bonds. The van der Waals surface area contributed by atoms with Crippen molar-refractivity contribution in [2.45, 2.75) is 51.2 Å². The van der Waals surface area contributed by atoms with Gasteiger partial charge < -0.3 is 15.6 Å². The standard InChI is InChI=1S/C30H42N6O4/c1-4-30-27(36(33(5-2)19-20-37)26(32-30)22-24-10-7-6-8-11-24)28(38)34(17-9-21-40-3)29(39)35(30)18-16-23-12-14-25(31)15-13-23/h6-8,10-15,27,37H,4-5,9,16-22,31H2,1-3H3. The van der Waals surface area contributed by atoms with E-state index in [9.17, 15) is 14.7 Å². The lowest BCUT2D eigenvalue weighted by Crippen LogP contribution is -2.74. The zero-order chi connectivity index (χ0) is 28.7. The van der Waals surface area contributed by atoms with Crippen LogP contribution in [0.5, 0.6) is 0 Å². The molecule has 1 fully saturated rings. The van der Waals surface area contributed by atoms with E-state index in [-0.39, 0.29) is 25.1 Å². The van der Waals surface area contributed by atoms with Gasteiger partial charge in [0.1, 0.15) is 5.84 Å². The van der Waals surface area contributed by atoms with Crippen molar-refractivity contribution >= 4 is 23.5 Å². The van der Waals surface area contributed by atoms with E-state index >= 15 is 0 Å². The smallest absolute Gasteiger partial charge is 0.328 e. The molecule has 2 aromatic rings. The molecule has 0 aromatic heterocycles. The second-order valence-electron chi connectivity index (χ2n) is 10.2. The highest BCUT2D eigenvalue weighted by atomic mass is 16.5. The number of likely N-dealkylation sites (N-methyl/N-ethyl adjacent to an activating group) is 1. The maximum absolute atomic E-state index is 14.3. The maximum Gasteiger partial charge on any atom is 0.328 e. The second-order valence-corrected chi connectivity index (χ2v) is 10.2. The van der Waals surface area contributed by atoms with Crippen LogP contribution in [0.2, 0.25) is 0 Å². The molecule has 2 aromatic carbocycles. The molecule has 0 saturated carbocycles. The molecule has 2 aliphatic rings. The Kier molecular flexibility index (Phi) is 9.78. The average Bonchev–Trinajstić information content (AvgIpc) is 3.29. The van der Waals surface area contributed by atoms with Crippen LogP contribution in [0.4, 0.5) is 10.5 Å². The van der Waals surface area contributed by atoms with E-state index in [2.05, 4.69) is 0 Å². The molecule has 0 aliphatic carbocycles. The third-order valence-corrected chi connectivity index (χ3v) is 7.79. The summed E-state index contributed by atoms with van der Waals surface area (Å²) in [6.07, 6.45) is 2.10. The SMILES string of the molecule is CCN(CCO)N1C(Cc2ccccc2)=NC2(CC)C1C(=O)N(CCCOC)C(=O)N2CCc1ccc(N)cc1. The van der Waals surface area contributed by atoms with E-state index in [4.69, 9.17) is 15.5 Å². The number of rotatable bonds is 14. The van der Waals surface area contributed by atoms with E-state index in [0.717, 1.165) is 11.1 Å². The van der Waals surface area contributed by atoms with Crippen LogP contribution in [0, 0.1) is 0 Å². The van der Waals surface area contributed by atoms with Gasteiger partial charge in [-0.1, -0.05) is 56.3 Å². The van der Waals surface area contributed by atoms with Gasteiger partial charge in [0.15, 0.2) is 11.7 Å². The van der Waals surface area contributed by atoms with Gasteiger partial charge in [-0.15, -0.1) is 0 Å². The molecule has 2 atom stereocenters. The van der Waals surface area contributed by atoms with Crippen molar-refractivity contribution in [3.63, 3.8) is 0 Å². The number of methoxy groups -OCH3 is 1. The number of amidine groups is 1. The van der Waals surface area contributed by atoms with E-state index in [1.807, 2.05) is 78.5 Å². The molecule has 40 heavy (non-hydrogen) atoms. The number of nitrogen functional groups attached to an aromatic ring is 1. The highest BCUT2D eigenvalue weighted by Crippen LogP contribution is 2.42. The molecule has 1 saturated heterocycles. The van der Waals surface area contributed by atoms with Crippen LogP contribution < -0.4 is 5.73 Å². The van der Waals surface area contributed by atoms with Crippen LogP contribution >= 0.6 is 0 Å². The van der Waals surface area contributed by atoms with Crippen molar-refractivity contribution in [1.82, 2.24) is 19.8 Å². The molecule has 0 bridgehead atoms. The highest BCUT2D eigenvalue weighted by Gasteiger charge is 2.62. The largest absolute Gasteiger partial charge is 0.399 e. The first-order chi connectivity index (χ1) is 19.4. The first-order valence-electron chi connectivity index (χ1n) is 14.1. The number of ether oxygens (including phenoxy) is 1. The van der Waals surface area contributed by atoms with Crippen LogP contribution in [0.25, 0.3) is 0 Å². The first kappa shape index (κ1) is 29.5. The fourth-order valence-electron chi connectivity index (χ4n) is 5.75. The second kappa shape index (κ2) is 13.3. The predicted octanol–water partition coefficient (Wildman–Crippen LogP) is 2.77. The molecule has 0 radical (unpaired) electrons. The molecule has 10 nitrogen and oxygen atoms in total. The van der Waals surface area contributed by atoms with Crippen LogP contribution in [-0.4, -0.2) is 101 Å². The minimum Gasteiger partial charge on any atom is -0.399 e. The third kappa shape index (κ3) is 5.84. The van der Waals surface area contributed by atoms with Gasteiger partial charge in [0, 0.05) is 52.0 Å². The molecule has 2 heterocycles. The van der Waals surface area contributed by atoms with Gasteiger partial charge in [-0.3, -0.25) is 19.6 Å². The quantitative estimate of drug-likeness (QED) is 0.275. The summed E-state index contributed by atoms with van der Waals surface area (Å²) in [7, 11) is 1.61. The number of urea groups is 1. The van der Waals surface area contributed by atoms with Gasteiger partial charge in [0.05, 0.1) is 6.61 Å². The average molecular weight is 551 g/mol. The lowest BCUT2D eigenvalue weighted by Gasteiger charge is -2.51. The summed E-state index contributed by atoms with van der Waals surface area (Å²) in [4.78, 5) is 36.8. The van der Waals surface area contributed by atoms with Crippen molar-refractivity contribution in [2.75, 3.05) is 52.2 Å².